The van der Waals surface area contributed by atoms with Crippen LogP contribution < -0.4 is 5.32 Å². The van der Waals surface area contributed by atoms with Crippen LogP contribution >= 0.6 is 0 Å². The second kappa shape index (κ2) is 6.83. The number of amides is 2. The molecule has 0 radical (unpaired) electrons. The molecule has 1 fully saturated rings. The van der Waals surface area contributed by atoms with Crippen LogP contribution in [0.25, 0.3) is 0 Å². The number of nitrogens with zero attached hydrogens (tertiary/aromatic N) is 3. The van der Waals surface area contributed by atoms with E-state index in [1.54, 1.807) is 18.0 Å². The van der Waals surface area contributed by atoms with Gasteiger partial charge >= 0.3 is 0 Å². The molecule has 1 aliphatic heterocycles. The van der Waals surface area contributed by atoms with E-state index < -0.39 is 0 Å². The van der Waals surface area contributed by atoms with Gasteiger partial charge in [-0.15, -0.1) is 0 Å². The van der Waals surface area contributed by atoms with E-state index in [2.05, 4.69) is 20.3 Å². The molecule has 0 unspecified atom stereocenters. The largest absolute Gasteiger partial charge is 0.448 e. The normalized spacial score (nSPS) is 17.8. The monoisotopic (exact) mass is 333 g/mol. The summed E-state index contributed by atoms with van der Waals surface area (Å²) in [7, 11) is 0. The zero-order valence-electron chi connectivity index (χ0n) is 13.5. The Balaban J connectivity index is 1.65. The standard InChI is InChI=1S/C15H19N5O4/c1-9(21)16-5-11-6-17-14(19-11)13-7-20(3-4-23-13)15(22)12-8-24-10(2)18-12/h6,8,13H,3-5,7H2,1-2H3,(H,16,21)(H,17,19)/t13-/m1/s1. The summed E-state index contributed by atoms with van der Waals surface area (Å²) < 4.78 is 10.8. The summed E-state index contributed by atoms with van der Waals surface area (Å²) in [5.41, 5.74) is 1.07. The predicted molar refractivity (Wildman–Crippen MR) is 81.9 cm³/mol. The van der Waals surface area contributed by atoms with E-state index in [1.165, 1.54) is 13.2 Å². The van der Waals surface area contributed by atoms with E-state index in [9.17, 15) is 9.59 Å². The van der Waals surface area contributed by atoms with Crippen molar-refractivity contribution in [1.82, 2.24) is 25.2 Å². The lowest BCUT2D eigenvalue weighted by Crippen LogP contribution is -2.42. The van der Waals surface area contributed by atoms with Crippen LogP contribution in [-0.4, -0.2) is 51.4 Å². The van der Waals surface area contributed by atoms with Gasteiger partial charge in [0.1, 0.15) is 18.2 Å². The van der Waals surface area contributed by atoms with Crippen molar-refractivity contribution < 1.29 is 18.7 Å². The van der Waals surface area contributed by atoms with E-state index >= 15 is 0 Å². The molecule has 2 aromatic rings. The van der Waals surface area contributed by atoms with Crippen LogP contribution in [0.3, 0.4) is 0 Å². The van der Waals surface area contributed by atoms with E-state index in [4.69, 9.17) is 9.15 Å². The van der Waals surface area contributed by atoms with Crippen molar-refractivity contribution in [3.63, 3.8) is 0 Å². The third-order valence-electron chi connectivity index (χ3n) is 3.67. The van der Waals surface area contributed by atoms with Crippen LogP contribution in [0.1, 0.15) is 40.9 Å². The van der Waals surface area contributed by atoms with E-state index in [1.807, 2.05) is 0 Å². The van der Waals surface area contributed by atoms with Gasteiger partial charge in [0.05, 0.1) is 31.6 Å². The van der Waals surface area contributed by atoms with Gasteiger partial charge in [-0.3, -0.25) is 9.59 Å². The molecule has 0 aromatic carbocycles. The summed E-state index contributed by atoms with van der Waals surface area (Å²) in [6, 6.07) is 0. The van der Waals surface area contributed by atoms with Crippen LogP contribution in [-0.2, 0) is 16.1 Å². The zero-order chi connectivity index (χ0) is 17.1. The molecule has 2 N–H and O–H groups in total. The molecule has 3 heterocycles. The second-order valence-electron chi connectivity index (χ2n) is 5.57. The van der Waals surface area contributed by atoms with Gasteiger partial charge in [0.25, 0.3) is 5.91 Å². The van der Waals surface area contributed by atoms with Crippen molar-refractivity contribution in [2.75, 3.05) is 19.7 Å². The quantitative estimate of drug-likeness (QED) is 0.845. The maximum atomic E-state index is 12.4. The summed E-state index contributed by atoms with van der Waals surface area (Å²) in [5, 5.41) is 2.69. The Labute approximate surface area is 138 Å². The molecule has 24 heavy (non-hydrogen) atoms. The van der Waals surface area contributed by atoms with Crippen molar-refractivity contribution in [3.05, 3.63) is 35.6 Å². The van der Waals surface area contributed by atoms with Gasteiger partial charge in [-0.2, -0.15) is 0 Å². The number of morpholine rings is 1. The summed E-state index contributed by atoms with van der Waals surface area (Å²) in [5.74, 6) is 0.783. The van der Waals surface area contributed by atoms with Crippen LogP contribution in [0.5, 0.6) is 0 Å². The van der Waals surface area contributed by atoms with Gasteiger partial charge in [0.2, 0.25) is 5.91 Å². The lowest BCUT2D eigenvalue weighted by Gasteiger charge is -2.31. The van der Waals surface area contributed by atoms with Gasteiger partial charge in [-0.05, 0) is 0 Å². The summed E-state index contributed by atoms with van der Waals surface area (Å²) in [6.07, 6.45) is 2.67. The van der Waals surface area contributed by atoms with Gasteiger partial charge in [-0.25, -0.2) is 9.97 Å². The molecule has 2 aromatic heterocycles. The van der Waals surface area contributed by atoms with Crippen LogP contribution in [0.2, 0.25) is 0 Å². The lowest BCUT2D eigenvalue weighted by molar-refractivity contribution is -0.119. The molecule has 0 bridgehead atoms. The number of aromatic amines is 1. The molecule has 9 nitrogen and oxygen atoms in total. The van der Waals surface area contributed by atoms with Gasteiger partial charge in [-0.1, -0.05) is 0 Å². The number of ether oxygens (including phenoxy) is 1. The number of aromatic nitrogens is 3. The van der Waals surface area contributed by atoms with Crippen molar-refractivity contribution in [1.29, 1.82) is 0 Å². The van der Waals surface area contributed by atoms with Crippen molar-refractivity contribution in [3.8, 4) is 0 Å². The Hall–Kier alpha value is -2.68. The molecule has 0 saturated carbocycles. The van der Waals surface area contributed by atoms with Gasteiger partial charge < -0.3 is 24.4 Å². The fraction of sp³-hybridized carbons (Fsp3) is 0.467. The minimum absolute atomic E-state index is 0.111. The molecule has 1 atom stereocenters. The first-order chi connectivity index (χ1) is 11.5. The maximum absolute atomic E-state index is 12.4. The second-order valence-corrected chi connectivity index (χ2v) is 5.57. The Morgan fingerprint density at radius 2 is 2.33 bits per heavy atom. The van der Waals surface area contributed by atoms with Crippen molar-refractivity contribution in [2.24, 2.45) is 0 Å². The Morgan fingerprint density at radius 1 is 1.50 bits per heavy atom. The number of imidazole rings is 1. The van der Waals surface area contributed by atoms with E-state index in [-0.39, 0.29) is 17.9 Å². The highest BCUT2D eigenvalue weighted by atomic mass is 16.5. The molecule has 9 heteroatoms. The first kappa shape index (κ1) is 16.2. The number of oxazole rings is 1. The zero-order valence-corrected chi connectivity index (χ0v) is 13.5. The minimum Gasteiger partial charge on any atom is -0.448 e. The molecule has 1 saturated heterocycles. The average Bonchev–Trinajstić information content (AvgIpc) is 3.21. The Bertz CT molecular complexity index is 738. The molecule has 0 aliphatic carbocycles. The summed E-state index contributed by atoms with van der Waals surface area (Å²) in [6.45, 7) is 4.79. The minimum atomic E-state index is -0.346. The Morgan fingerprint density at radius 3 is 3.04 bits per heavy atom. The molecule has 3 rings (SSSR count). The third-order valence-corrected chi connectivity index (χ3v) is 3.67. The number of H-pyrrole nitrogens is 1. The first-order valence-electron chi connectivity index (χ1n) is 7.64. The van der Waals surface area contributed by atoms with Gasteiger partial charge in [0.15, 0.2) is 11.6 Å². The number of hydrogen-bond donors (Lipinski definition) is 2. The maximum Gasteiger partial charge on any atom is 0.275 e. The van der Waals surface area contributed by atoms with Crippen LogP contribution in [0, 0.1) is 6.92 Å². The number of nitrogens with one attached hydrogen (secondary N) is 2. The highest BCUT2D eigenvalue weighted by molar-refractivity contribution is 5.92. The fourth-order valence-corrected chi connectivity index (χ4v) is 2.47. The number of carbonyl (C=O) groups excluding carboxylic acids is 2. The SMILES string of the molecule is CC(=O)NCc1cnc([C@H]2CN(C(=O)c3coc(C)n3)CCO2)[nH]1. The topological polar surface area (TPSA) is 113 Å². The predicted octanol–water partition coefficient (Wildman–Crippen LogP) is 0.556. The van der Waals surface area contributed by atoms with Crippen molar-refractivity contribution >= 4 is 11.8 Å². The Kier molecular flexibility index (Phi) is 4.61. The smallest absolute Gasteiger partial charge is 0.275 e. The average molecular weight is 333 g/mol. The van der Waals surface area contributed by atoms with Crippen LogP contribution in [0.15, 0.2) is 16.9 Å². The number of hydrogen-bond acceptors (Lipinski definition) is 6. The third kappa shape index (κ3) is 3.62. The molecule has 0 spiro atoms. The molecule has 1 aliphatic rings. The lowest BCUT2D eigenvalue weighted by atomic mass is 10.2. The van der Waals surface area contributed by atoms with Crippen molar-refractivity contribution in [2.45, 2.75) is 26.5 Å². The fourth-order valence-electron chi connectivity index (χ4n) is 2.47. The number of aryl methyl sites for hydroxylation is 1. The molecule has 2 amide bonds. The van der Waals surface area contributed by atoms with Gasteiger partial charge in [0, 0.05) is 20.4 Å². The molecular formula is C15H19N5O4. The highest BCUT2D eigenvalue weighted by Crippen LogP contribution is 2.21. The molecule has 128 valence electrons. The highest BCUT2D eigenvalue weighted by Gasteiger charge is 2.29. The number of carbonyl (C=O) groups is 2. The van der Waals surface area contributed by atoms with Crippen LogP contribution in [0.4, 0.5) is 0 Å². The first-order valence-corrected chi connectivity index (χ1v) is 7.64. The number of rotatable bonds is 4. The van der Waals surface area contributed by atoms with E-state index in [0.717, 1.165) is 5.69 Å². The summed E-state index contributed by atoms with van der Waals surface area (Å²) >= 11 is 0. The summed E-state index contributed by atoms with van der Waals surface area (Å²) in [4.78, 5) is 36.5. The van der Waals surface area contributed by atoms with E-state index in [0.29, 0.717) is 43.7 Å². The molecular weight excluding hydrogens is 314 g/mol.